The van der Waals surface area contributed by atoms with Gasteiger partial charge in [0.2, 0.25) is 0 Å². The van der Waals surface area contributed by atoms with Crippen molar-refractivity contribution >= 4 is 0 Å². The summed E-state index contributed by atoms with van der Waals surface area (Å²) in [5.74, 6) is 0. The van der Waals surface area contributed by atoms with Gasteiger partial charge in [-0.2, -0.15) is 0 Å². The maximum absolute atomic E-state index is 3.98. The second-order valence-corrected chi connectivity index (χ2v) is 1.47. The Kier molecular flexibility index (Phi) is 4.15. The van der Waals surface area contributed by atoms with Gasteiger partial charge in [0, 0.05) is 11.9 Å². The molecule has 0 unspecified atom stereocenters. The van der Waals surface area contributed by atoms with Crippen LogP contribution < -0.4 is 29.6 Å². The number of nitrogens with zero attached hydrogens (tertiary/aromatic N) is 1. The van der Waals surface area contributed by atoms with Gasteiger partial charge in [0.1, 0.15) is 0 Å². The first kappa shape index (κ1) is 8.15. The summed E-state index contributed by atoms with van der Waals surface area (Å²) >= 11 is 0. The molecule has 0 saturated carbocycles. The monoisotopic (exact) mass is 117 g/mol. The first-order valence-corrected chi connectivity index (χ1v) is 2.27. The Morgan fingerprint density at radius 1 is 1.50 bits per heavy atom. The van der Waals surface area contributed by atoms with E-state index in [1.54, 1.807) is 6.20 Å². The minimum atomic E-state index is 0. The average molecular weight is 117 g/mol. The van der Waals surface area contributed by atoms with Crippen LogP contribution in [0.1, 0.15) is 7.12 Å². The average Bonchev–Trinajstić information content (AvgIpc) is 1.69. The van der Waals surface area contributed by atoms with Crippen LogP contribution in [-0.4, -0.2) is 4.98 Å². The van der Waals surface area contributed by atoms with E-state index in [0.717, 1.165) is 5.69 Å². The van der Waals surface area contributed by atoms with Crippen LogP contribution in [0.25, 0.3) is 0 Å². The van der Waals surface area contributed by atoms with E-state index in [1.165, 1.54) is 0 Å². The van der Waals surface area contributed by atoms with Gasteiger partial charge in [-0.15, -0.1) is 0 Å². The number of aryl methyl sites for hydroxylation is 1. The summed E-state index contributed by atoms with van der Waals surface area (Å²) in [4.78, 5) is 3.98. The van der Waals surface area contributed by atoms with Crippen molar-refractivity contribution in [2.24, 2.45) is 0 Å². The van der Waals surface area contributed by atoms with Crippen molar-refractivity contribution in [2.45, 2.75) is 6.92 Å². The molecule has 1 nitrogen and oxygen atoms in total. The van der Waals surface area contributed by atoms with Crippen molar-refractivity contribution < 1.29 is 31.0 Å². The quantitative estimate of drug-likeness (QED) is 0.377. The normalized spacial score (nSPS) is 7.62. The van der Waals surface area contributed by atoms with E-state index in [-0.39, 0.29) is 31.0 Å². The predicted octanol–water partition coefficient (Wildman–Crippen LogP) is -1.49. The molecular weight excluding hydrogens is 109 g/mol. The van der Waals surface area contributed by atoms with Crippen molar-refractivity contribution in [3.8, 4) is 0 Å². The molecule has 0 amide bonds. The van der Waals surface area contributed by atoms with E-state index in [0.29, 0.717) is 0 Å². The maximum Gasteiger partial charge on any atom is 1.00 e. The van der Waals surface area contributed by atoms with Crippen LogP contribution in [0.5, 0.6) is 0 Å². The predicted molar refractivity (Wildman–Crippen MR) is 30.1 cm³/mol. The molecule has 1 aromatic heterocycles. The number of rotatable bonds is 0. The van der Waals surface area contributed by atoms with Gasteiger partial charge in [-0.25, -0.2) is 0 Å². The van der Waals surface area contributed by atoms with Gasteiger partial charge in [0.15, 0.2) is 0 Å². The third kappa shape index (κ3) is 2.46. The van der Waals surface area contributed by atoms with Gasteiger partial charge in [-0.05, 0) is 19.1 Å². The van der Waals surface area contributed by atoms with E-state index >= 15 is 0 Å². The summed E-state index contributed by atoms with van der Waals surface area (Å²) in [6.45, 7) is 1.97. The third-order valence-corrected chi connectivity index (χ3v) is 0.813. The van der Waals surface area contributed by atoms with Gasteiger partial charge in [0.05, 0.1) is 0 Å². The Bertz CT molecular complexity index is 143. The van der Waals surface area contributed by atoms with Crippen LogP contribution in [0.3, 0.4) is 0 Å². The topological polar surface area (TPSA) is 12.9 Å². The summed E-state index contributed by atoms with van der Waals surface area (Å²) in [6, 6.07) is 5.86. The molecule has 0 aliphatic heterocycles. The smallest absolute Gasteiger partial charge is 1.00 e. The van der Waals surface area contributed by atoms with Crippen LogP contribution in [0.2, 0.25) is 0 Å². The fourth-order valence-corrected chi connectivity index (χ4v) is 0.448. The van der Waals surface area contributed by atoms with Crippen LogP contribution in [0.15, 0.2) is 24.4 Å². The molecule has 38 valence electrons. The van der Waals surface area contributed by atoms with Crippen LogP contribution in [0.4, 0.5) is 0 Å². The van der Waals surface area contributed by atoms with E-state index in [4.69, 9.17) is 0 Å². The molecule has 0 aliphatic rings. The minimum Gasteiger partial charge on any atom is -1.00 e. The number of hydrogen-bond acceptors (Lipinski definition) is 1. The molecule has 1 heterocycles. The zero-order valence-corrected chi connectivity index (χ0v) is 7.26. The zero-order valence-electron chi connectivity index (χ0n) is 6.26. The maximum atomic E-state index is 3.98. The Balaban J connectivity index is 0. The number of pyridine rings is 1. The summed E-state index contributed by atoms with van der Waals surface area (Å²) in [5.41, 5.74) is 1.07. The Hall–Kier alpha value is 0.150. The fourth-order valence-electron chi connectivity index (χ4n) is 0.448. The van der Waals surface area contributed by atoms with E-state index < -0.39 is 0 Å². The molecule has 0 atom stereocenters. The molecule has 0 bridgehead atoms. The largest absolute Gasteiger partial charge is 1.00 e. The Morgan fingerprint density at radius 3 is 2.50 bits per heavy atom. The van der Waals surface area contributed by atoms with E-state index in [2.05, 4.69) is 4.98 Å². The van der Waals surface area contributed by atoms with Gasteiger partial charge in [0.25, 0.3) is 0 Å². The Morgan fingerprint density at radius 2 is 2.25 bits per heavy atom. The molecule has 1 aromatic rings. The molecule has 0 aliphatic carbocycles. The van der Waals surface area contributed by atoms with Gasteiger partial charge in [-0.1, -0.05) is 6.07 Å². The van der Waals surface area contributed by atoms with Gasteiger partial charge < -0.3 is 1.43 Å². The summed E-state index contributed by atoms with van der Waals surface area (Å²) in [6.07, 6.45) is 1.79. The molecule has 0 spiro atoms. The van der Waals surface area contributed by atoms with Crippen molar-refractivity contribution in [3.05, 3.63) is 30.1 Å². The summed E-state index contributed by atoms with van der Waals surface area (Å²) in [7, 11) is 0. The Labute approximate surface area is 72.9 Å². The van der Waals surface area contributed by atoms with Crippen LogP contribution >= 0.6 is 0 Å². The van der Waals surface area contributed by atoms with Crippen LogP contribution in [0, 0.1) is 6.92 Å². The molecule has 8 heavy (non-hydrogen) atoms. The number of aromatic nitrogens is 1. The zero-order chi connectivity index (χ0) is 5.11. The molecule has 0 fully saturated rings. The molecule has 1 rings (SSSR count). The number of hydrogen-bond donors (Lipinski definition) is 0. The van der Waals surface area contributed by atoms with Gasteiger partial charge in [-0.3, -0.25) is 4.98 Å². The molecule has 2 heteroatoms. The molecule has 0 N–H and O–H groups in total. The molecule has 0 saturated heterocycles. The minimum absolute atomic E-state index is 0. The van der Waals surface area contributed by atoms with E-state index in [1.807, 2.05) is 25.1 Å². The molecular formula is C6H8NNa. The first-order valence-electron chi connectivity index (χ1n) is 2.27. The van der Waals surface area contributed by atoms with Crippen molar-refractivity contribution in [2.75, 3.05) is 0 Å². The second-order valence-electron chi connectivity index (χ2n) is 1.47. The fraction of sp³-hybridized carbons (Fsp3) is 0.167. The molecule has 0 radical (unpaired) electrons. The van der Waals surface area contributed by atoms with Crippen LogP contribution in [-0.2, 0) is 0 Å². The van der Waals surface area contributed by atoms with Gasteiger partial charge >= 0.3 is 29.6 Å². The van der Waals surface area contributed by atoms with Crippen molar-refractivity contribution in [3.63, 3.8) is 0 Å². The standard InChI is InChI=1S/C6H7N.Na.H/c1-6-4-2-3-5-7-6;;/h2-5H,1H3;;/q;+1;-1. The van der Waals surface area contributed by atoms with E-state index in [9.17, 15) is 0 Å². The first-order chi connectivity index (χ1) is 3.39. The third-order valence-electron chi connectivity index (χ3n) is 0.813. The summed E-state index contributed by atoms with van der Waals surface area (Å²) < 4.78 is 0. The SMILES string of the molecule is Cc1ccccn1.[H-].[Na+]. The second kappa shape index (κ2) is 4.07. The van der Waals surface area contributed by atoms with Crippen molar-refractivity contribution in [1.29, 1.82) is 0 Å². The summed E-state index contributed by atoms with van der Waals surface area (Å²) in [5, 5.41) is 0. The van der Waals surface area contributed by atoms with Crippen molar-refractivity contribution in [1.82, 2.24) is 4.98 Å². The molecule has 0 aromatic carbocycles.